The van der Waals surface area contributed by atoms with Gasteiger partial charge in [0.15, 0.2) is 6.33 Å². The number of halogens is 3. The number of fused-ring (bicyclic) bond motifs is 1. The Kier molecular flexibility index (Phi) is 6.07. The van der Waals surface area contributed by atoms with Gasteiger partial charge < -0.3 is 14.2 Å². The van der Waals surface area contributed by atoms with Crippen LogP contribution in [0.3, 0.4) is 0 Å². The molecule has 3 aromatic rings. The van der Waals surface area contributed by atoms with E-state index in [1.807, 2.05) is 6.07 Å². The number of alkyl halides is 3. The number of hydrogen-bond donors (Lipinski definition) is 0. The maximum absolute atomic E-state index is 12.8. The lowest BCUT2D eigenvalue weighted by Crippen LogP contribution is -2.47. The largest absolute Gasteiger partial charge is 0.416 e. The summed E-state index contributed by atoms with van der Waals surface area (Å²) in [5, 5.41) is 3.68. The summed E-state index contributed by atoms with van der Waals surface area (Å²) in [5.41, 5.74) is 3.62. The van der Waals surface area contributed by atoms with Crippen LogP contribution in [0.4, 0.5) is 18.9 Å². The fourth-order valence-electron chi connectivity index (χ4n) is 4.60. The van der Waals surface area contributed by atoms with E-state index in [-0.39, 0.29) is 6.10 Å². The topological polar surface area (TPSA) is 54.6 Å². The number of rotatable bonds is 5. The van der Waals surface area contributed by atoms with Gasteiger partial charge in [0, 0.05) is 44.0 Å². The van der Waals surface area contributed by atoms with Crippen LogP contribution in [0.25, 0.3) is 11.5 Å². The van der Waals surface area contributed by atoms with Gasteiger partial charge in [-0.25, -0.2) is 0 Å². The van der Waals surface area contributed by atoms with Crippen molar-refractivity contribution in [3.8, 4) is 11.5 Å². The summed E-state index contributed by atoms with van der Waals surface area (Å²) in [6.07, 6.45) is -1.09. The Hall–Kier alpha value is -2.91. The van der Waals surface area contributed by atoms with Crippen molar-refractivity contribution in [3.05, 3.63) is 65.5 Å². The summed E-state index contributed by atoms with van der Waals surface area (Å²) in [6.45, 7) is 4.93. The molecule has 33 heavy (non-hydrogen) atoms. The van der Waals surface area contributed by atoms with Crippen molar-refractivity contribution in [2.24, 2.45) is 0 Å². The minimum atomic E-state index is -4.30. The molecule has 9 heteroatoms. The third-order valence-electron chi connectivity index (χ3n) is 6.43. The van der Waals surface area contributed by atoms with E-state index < -0.39 is 11.7 Å². The van der Waals surface area contributed by atoms with E-state index in [0.717, 1.165) is 68.9 Å². The van der Waals surface area contributed by atoms with E-state index in [4.69, 9.17) is 9.26 Å². The number of aromatic nitrogens is 2. The fourth-order valence-corrected chi connectivity index (χ4v) is 4.60. The molecular weight excluding hydrogens is 433 g/mol. The highest BCUT2D eigenvalue weighted by Gasteiger charge is 2.30. The Morgan fingerprint density at radius 2 is 1.79 bits per heavy atom. The number of anilines is 1. The zero-order chi connectivity index (χ0) is 22.8. The molecule has 1 saturated heterocycles. The summed E-state index contributed by atoms with van der Waals surface area (Å²) < 4.78 is 49.6. The zero-order valence-electron chi connectivity index (χ0n) is 18.1. The summed E-state index contributed by atoms with van der Waals surface area (Å²) in [7, 11) is 0. The highest BCUT2D eigenvalue weighted by Crippen LogP contribution is 2.33. The van der Waals surface area contributed by atoms with Crippen molar-refractivity contribution < 1.29 is 22.4 Å². The van der Waals surface area contributed by atoms with Crippen LogP contribution < -0.4 is 4.90 Å². The molecule has 1 aromatic heterocycles. The molecule has 0 saturated carbocycles. The van der Waals surface area contributed by atoms with Gasteiger partial charge in [-0.15, -0.1) is 0 Å². The molecule has 0 aliphatic carbocycles. The predicted octanol–water partition coefficient (Wildman–Crippen LogP) is 4.58. The Bertz CT molecular complexity index is 1060. The monoisotopic (exact) mass is 458 g/mol. The standard InChI is InChI=1S/C24H25F3N4O2/c25-24(26,27)19-2-4-20(5-3-19)31-12-10-30(11-13-31)9-7-22-21-6-1-18(23-28-16-29-33-23)15-17(21)8-14-32-22/h1-6,15-16,22H,7-14H2/t22-/m0/s1. The first-order valence-electron chi connectivity index (χ1n) is 11.1. The van der Waals surface area contributed by atoms with Crippen LogP contribution in [-0.2, 0) is 17.3 Å². The molecule has 2 aliphatic heterocycles. The SMILES string of the molecule is FC(F)(F)c1ccc(N2CCN(CC[C@@H]3OCCc4cc(-c5ncno5)ccc43)CC2)cc1. The molecule has 1 fully saturated rings. The molecule has 0 radical (unpaired) electrons. The van der Waals surface area contributed by atoms with Crippen molar-refractivity contribution in [1.29, 1.82) is 0 Å². The Morgan fingerprint density at radius 3 is 2.48 bits per heavy atom. The smallest absolute Gasteiger partial charge is 0.373 e. The van der Waals surface area contributed by atoms with Crippen molar-refractivity contribution >= 4 is 5.69 Å². The average molecular weight is 458 g/mol. The lowest BCUT2D eigenvalue weighted by Gasteiger charge is -2.37. The van der Waals surface area contributed by atoms with Gasteiger partial charge in [0.05, 0.1) is 18.3 Å². The molecule has 5 rings (SSSR count). The molecule has 0 unspecified atom stereocenters. The summed E-state index contributed by atoms with van der Waals surface area (Å²) in [4.78, 5) is 8.66. The predicted molar refractivity (Wildman–Crippen MR) is 117 cm³/mol. The molecule has 0 bridgehead atoms. The Labute approximate surface area is 189 Å². The number of nitrogens with zero attached hydrogens (tertiary/aromatic N) is 4. The molecule has 1 atom stereocenters. The van der Waals surface area contributed by atoms with Crippen molar-refractivity contribution in [1.82, 2.24) is 15.0 Å². The third-order valence-corrected chi connectivity index (χ3v) is 6.43. The van der Waals surface area contributed by atoms with Gasteiger partial charge in [-0.2, -0.15) is 18.2 Å². The number of ether oxygens (including phenoxy) is 1. The molecule has 0 spiro atoms. The van der Waals surface area contributed by atoms with Crippen LogP contribution in [-0.4, -0.2) is 54.4 Å². The van der Waals surface area contributed by atoms with Gasteiger partial charge in [-0.3, -0.25) is 4.90 Å². The maximum atomic E-state index is 12.8. The van der Waals surface area contributed by atoms with Crippen LogP contribution in [0.5, 0.6) is 0 Å². The lowest BCUT2D eigenvalue weighted by molar-refractivity contribution is -0.137. The number of benzene rings is 2. The molecule has 0 amide bonds. The Balaban J connectivity index is 1.15. The van der Waals surface area contributed by atoms with E-state index in [1.54, 1.807) is 12.1 Å². The second-order valence-electron chi connectivity index (χ2n) is 8.43. The van der Waals surface area contributed by atoms with Gasteiger partial charge in [0.2, 0.25) is 0 Å². The maximum Gasteiger partial charge on any atom is 0.416 e. The molecule has 2 aromatic carbocycles. The molecule has 0 N–H and O–H groups in total. The van der Waals surface area contributed by atoms with Crippen LogP contribution in [0, 0.1) is 0 Å². The zero-order valence-corrected chi connectivity index (χ0v) is 18.1. The van der Waals surface area contributed by atoms with Crippen LogP contribution in [0.15, 0.2) is 53.3 Å². The highest BCUT2D eigenvalue weighted by atomic mass is 19.4. The molecule has 6 nitrogen and oxygen atoms in total. The van der Waals surface area contributed by atoms with Gasteiger partial charge in [0.25, 0.3) is 5.89 Å². The van der Waals surface area contributed by atoms with Crippen LogP contribution in [0.2, 0.25) is 0 Å². The van der Waals surface area contributed by atoms with Gasteiger partial charge in [-0.05, 0) is 60.4 Å². The second kappa shape index (κ2) is 9.15. The van der Waals surface area contributed by atoms with E-state index in [9.17, 15) is 13.2 Å². The van der Waals surface area contributed by atoms with Crippen LogP contribution in [0.1, 0.15) is 29.2 Å². The first-order chi connectivity index (χ1) is 16.0. The van der Waals surface area contributed by atoms with Crippen molar-refractivity contribution in [3.63, 3.8) is 0 Å². The van der Waals surface area contributed by atoms with Crippen molar-refractivity contribution in [2.45, 2.75) is 25.1 Å². The Morgan fingerprint density at radius 1 is 1.00 bits per heavy atom. The second-order valence-corrected chi connectivity index (χ2v) is 8.43. The van der Waals surface area contributed by atoms with Gasteiger partial charge in [-0.1, -0.05) is 11.2 Å². The van der Waals surface area contributed by atoms with E-state index >= 15 is 0 Å². The fraction of sp³-hybridized carbons (Fsp3) is 0.417. The third kappa shape index (κ3) is 4.89. The minimum Gasteiger partial charge on any atom is -0.373 e. The minimum absolute atomic E-state index is 0.0541. The van der Waals surface area contributed by atoms with Crippen molar-refractivity contribution in [2.75, 3.05) is 44.2 Å². The summed E-state index contributed by atoms with van der Waals surface area (Å²) in [6, 6.07) is 11.6. The number of piperazine rings is 1. The van der Waals surface area contributed by atoms with Crippen LogP contribution >= 0.6 is 0 Å². The van der Waals surface area contributed by atoms with E-state index in [1.165, 1.54) is 17.5 Å². The number of hydrogen-bond acceptors (Lipinski definition) is 6. The van der Waals surface area contributed by atoms with Gasteiger partial charge >= 0.3 is 6.18 Å². The van der Waals surface area contributed by atoms with E-state index in [2.05, 4.69) is 32.1 Å². The normalized spacial score (nSPS) is 19.5. The first-order valence-corrected chi connectivity index (χ1v) is 11.1. The lowest BCUT2D eigenvalue weighted by atomic mass is 9.93. The molecule has 174 valence electrons. The van der Waals surface area contributed by atoms with Gasteiger partial charge in [0.1, 0.15) is 0 Å². The molecule has 3 heterocycles. The molecule has 2 aliphatic rings. The average Bonchev–Trinajstić information content (AvgIpc) is 3.37. The summed E-state index contributed by atoms with van der Waals surface area (Å²) in [5.74, 6) is 0.520. The molecular formula is C24H25F3N4O2. The summed E-state index contributed by atoms with van der Waals surface area (Å²) >= 11 is 0. The van der Waals surface area contributed by atoms with E-state index in [0.29, 0.717) is 12.5 Å². The quantitative estimate of drug-likeness (QED) is 0.558. The first kappa shape index (κ1) is 21.9. The highest BCUT2D eigenvalue weighted by molar-refractivity contribution is 5.56.